The Morgan fingerprint density at radius 3 is 2.63 bits per heavy atom. The van der Waals surface area contributed by atoms with Gasteiger partial charge in [-0.2, -0.15) is 0 Å². The van der Waals surface area contributed by atoms with Gasteiger partial charge in [0.25, 0.3) is 0 Å². The highest BCUT2D eigenvalue weighted by Gasteiger charge is 2.49. The Balaban J connectivity index is 1.39. The fourth-order valence-electron chi connectivity index (χ4n) is 5.26. The van der Waals surface area contributed by atoms with Gasteiger partial charge >= 0.3 is 0 Å². The van der Waals surface area contributed by atoms with Crippen LogP contribution in [-0.2, 0) is 11.3 Å². The molecule has 2 aliphatic heterocycles. The fourth-order valence-corrected chi connectivity index (χ4v) is 5.26. The lowest BCUT2D eigenvalue weighted by molar-refractivity contribution is -0.149. The third-order valence-electron chi connectivity index (χ3n) is 6.66. The molecule has 3 heterocycles. The van der Waals surface area contributed by atoms with Crippen molar-refractivity contribution in [1.82, 2.24) is 19.8 Å². The van der Waals surface area contributed by atoms with Crippen LogP contribution in [0.5, 0.6) is 0 Å². The molecule has 0 radical (unpaired) electrons. The summed E-state index contributed by atoms with van der Waals surface area (Å²) in [6.07, 6.45) is 13.4. The zero-order valence-electron chi connectivity index (χ0n) is 16.6. The molecule has 0 aromatic carbocycles. The maximum Gasteiger partial charge on any atom is 0.230 e. The monoisotopic (exact) mass is 371 g/mol. The minimum absolute atomic E-state index is 0.139. The molecule has 3 fully saturated rings. The van der Waals surface area contributed by atoms with Crippen LogP contribution in [0.1, 0.15) is 63.9 Å². The Bertz CT molecular complexity index is 642. The summed E-state index contributed by atoms with van der Waals surface area (Å²) in [6.45, 7) is 6.57. The third kappa shape index (κ3) is 3.96. The van der Waals surface area contributed by atoms with Crippen LogP contribution in [0.2, 0.25) is 0 Å². The Morgan fingerprint density at radius 2 is 1.89 bits per heavy atom. The summed E-state index contributed by atoms with van der Waals surface area (Å²) in [5.41, 5.74) is 0.987. The fraction of sp³-hybridized carbons (Fsp3) is 0.762. The van der Waals surface area contributed by atoms with E-state index >= 15 is 0 Å². The molecule has 1 amide bonds. The van der Waals surface area contributed by atoms with Crippen molar-refractivity contribution in [2.75, 3.05) is 31.5 Å². The van der Waals surface area contributed by atoms with Gasteiger partial charge in [-0.1, -0.05) is 19.3 Å². The lowest BCUT2D eigenvalue weighted by Gasteiger charge is -2.44. The Hall–Kier alpha value is -1.69. The summed E-state index contributed by atoms with van der Waals surface area (Å²) in [4.78, 5) is 26.9. The van der Waals surface area contributed by atoms with E-state index in [2.05, 4.69) is 25.1 Å². The topological polar surface area (TPSA) is 61.4 Å². The van der Waals surface area contributed by atoms with Crippen LogP contribution < -0.4 is 5.32 Å². The standard InChI is InChI=1S/C21H33N5O/c1-2-22-20-23-13-17(14-24-20)15-25-12-10-21(16-25)9-6-11-26(19(21)27)18-7-4-3-5-8-18/h13-14,18H,2-12,15-16H2,1H3,(H,22,23,24)/t21-/m0/s1. The van der Waals surface area contributed by atoms with E-state index in [-0.39, 0.29) is 5.41 Å². The van der Waals surface area contributed by atoms with Gasteiger partial charge in [-0.3, -0.25) is 9.69 Å². The normalized spacial score (nSPS) is 27.4. The van der Waals surface area contributed by atoms with Crippen molar-refractivity contribution >= 4 is 11.9 Å². The SMILES string of the molecule is CCNc1ncc(CN2CC[C@@]3(CCCN(C4CCCCC4)C3=O)C2)cn1. The summed E-state index contributed by atoms with van der Waals surface area (Å²) < 4.78 is 0. The molecule has 2 saturated heterocycles. The Morgan fingerprint density at radius 1 is 1.11 bits per heavy atom. The molecule has 0 bridgehead atoms. The molecule has 1 aromatic rings. The zero-order chi connectivity index (χ0) is 18.7. The van der Waals surface area contributed by atoms with E-state index in [4.69, 9.17) is 0 Å². The van der Waals surface area contributed by atoms with Crippen LogP contribution in [-0.4, -0.2) is 57.9 Å². The van der Waals surface area contributed by atoms with Crippen LogP contribution in [0.15, 0.2) is 12.4 Å². The average molecular weight is 372 g/mol. The Labute approximate surface area is 162 Å². The van der Waals surface area contributed by atoms with Crippen molar-refractivity contribution in [2.24, 2.45) is 5.41 Å². The van der Waals surface area contributed by atoms with Crippen molar-refractivity contribution in [2.45, 2.75) is 70.9 Å². The summed E-state index contributed by atoms with van der Waals surface area (Å²) in [6, 6.07) is 0.504. The second-order valence-corrected chi connectivity index (χ2v) is 8.58. The number of nitrogens with one attached hydrogen (secondary N) is 1. The van der Waals surface area contributed by atoms with Gasteiger partial charge in [0.2, 0.25) is 11.9 Å². The number of anilines is 1. The highest BCUT2D eigenvalue weighted by atomic mass is 16.2. The molecule has 6 heteroatoms. The number of rotatable bonds is 5. The Kier molecular flexibility index (Phi) is 5.62. The number of hydrogen-bond donors (Lipinski definition) is 1. The molecule has 0 unspecified atom stereocenters. The van der Waals surface area contributed by atoms with Gasteiger partial charge in [0.1, 0.15) is 0 Å². The number of carbonyl (C=O) groups excluding carboxylic acids is 1. The quantitative estimate of drug-likeness (QED) is 0.862. The van der Waals surface area contributed by atoms with Crippen molar-refractivity contribution in [3.8, 4) is 0 Å². The van der Waals surface area contributed by atoms with E-state index in [9.17, 15) is 4.79 Å². The molecule has 1 spiro atoms. The van der Waals surface area contributed by atoms with E-state index in [1.54, 1.807) is 0 Å². The third-order valence-corrected chi connectivity index (χ3v) is 6.66. The van der Waals surface area contributed by atoms with Gasteiger partial charge in [-0.15, -0.1) is 0 Å². The highest BCUT2D eigenvalue weighted by Crippen LogP contribution is 2.42. The predicted octanol–water partition coefficient (Wildman–Crippen LogP) is 3.06. The van der Waals surface area contributed by atoms with Gasteiger partial charge in [0.05, 0.1) is 5.41 Å². The van der Waals surface area contributed by atoms with Gasteiger partial charge in [-0.25, -0.2) is 9.97 Å². The molecule has 148 valence electrons. The first-order valence-corrected chi connectivity index (χ1v) is 10.8. The maximum absolute atomic E-state index is 13.4. The van der Waals surface area contributed by atoms with E-state index in [1.165, 1.54) is 32.1 Å². The van der Waals surface area contributed by atoms with E-state index in [1.807, 2.05) is 19.3 Å². The van der Waals surface area contributed by atoms with Gasteiger partial charge in [0, 0.05) is 50.2 Å². The minimum Gasteiger partial charge on any atom is -0.355 e. The molecular weight excluding hydrogens is 338 g/mol. The molecule has 1 saturated carbocycles. The molecule has 6 nitrogen and oxygen atoms in total. The van der Waals surface area contributed by atoms with E-state index in [0.29, 0.717) is 17.9 Å². The summed E-state index contributed by atoms with van der Waals surface area (Å²) in [5.74, 6) is 1.13. The highest BCUT2D eigenvalue weighted by molar-refractivity contribution is 5.84. The first-order valence-electron chi connectivity index (χ1n) is 10.8. The van der Waals surface area contributed by atoms with Crippen LogP contribution in [0.4, 0.5) is 5.95 Å². The molecule has 4 rings (SSSR count). The average Bonchev–Trinajstić information content (AvgIpc) is 3.10. The van der Waals surface area contributed by atoms with Crippen LogP contribution in [0, 0.1) is 5.41 Å². The number of hydrogen-bond acceptors (Lipinski definition) is 5. The van der Waals surface area contributed by atoms with Gasteiger partial charge in [-0.05, 0) is 45.6 Å². The largest absolute Gasteiger partial charge is 0.355 e. The molecule has 27 heavy (non-hydrogen) atoms. The summed E-state index contributed by atoms with van der Waals surface area (Å²) in [5, 5.41) is 3.13. The first kappa shape index (κ1) is 18.7. The summed E-state index contributed by atoms with van der Waals surface area (Å²) in [7, 11) is 0. The smallest absolute Gasteiger partial charge is 0.230 e. The van der Waals surface area contributed by atoms with Crippen molar-refractivity contribution in [1.29, 1.82) is 0 Å². The number of nitrogens with zero attached hydrogens (tertiary/aromatic N) is 4. The van der Waals surface area contributed by atoms with E-state index in [0.717, 1.165) is 57.5 Å². The number of piperidine rings is 1. The number of likely N-dealkylation sites (tertiary alicyclic amines) is 2. The molecule has 1 aliphatic carbocycles. The molecular formula is C21H33N5O. The van der Waals surface area contributed by atoms with Crippen molar-refractivity contribution in [3.63, 3.8) is 0 Å². The molecule has 1 N–H and O–H groups in total. The number of amides is 1. The van der Waals surface area contributed by atoms with Crippen LogP contribution in [0.3, 0.4) is 0 Å². The lowest BCUT2D eigenvalue weighted by Crippen LogP contribution is -2.54. The number of aromatic nitrogens is 2. The predicted molar refractivity (Wildman–Crippen MR) is 106 cm³/mol. The number of carbonyl (C=O) groups is 1. The van der Waals surface area contributed by atoms with Crippen LogP contribution >= 0.6 is 0 Å². The molecule has 1 atom stereocenters. The second kappa shape index (κ2) is 8.13. The summed E-state index contributed by atoms with van der Waals surface area (Å²) >= 11 is 0. The molecule has 1 aromatic heterocycles. The molecule has 3 aliphatic rings. The zero-order valence-corrected chi connectivity index (χ0v) is 16.6. The second-order valence-electron chi connectivity index (χ2n) is 8.58. The minimum atomic E-state index is -0.139. The van der Waals surface area contributed by atoms with Gasteiger partial charge in [0.15, 0.2) is 0 Å². The van der Waals surface area contributed by atoms with Crippen molar-refractivity contribution in [3.05, 3.63) is 18.0 Å². The van der Waals surface area contributed by atoms with E-state index < -0.39 is 0 Å². The lowest BCUT2D eigenvalue weighted by atomic mass is 9.77. The first-order chi connectivity index (χ1) is 13.2. The van der Waals surface area contributed by atoms with Gasteiger partial charge < -0.3 is 10.2 Å². The van der Waals surface area contributed by atoms with Crippen LogP contribution in [0.25, 0.3) is 0 Å². The maximum atomic E-state index is 13.4. The van der Waals surface area contributed by atoms with Crippen molar-refractivity contribution < 1.29 is 4.79 Å².